The van der Waals surface area contributed by atoms with Crippen LogP contribution in [0, 0.1) is 0 Å². The fraction of sp³-hybridized carbons (Fsp3) is 0.636. The zero-order chi connectivity index (χ0) is 20.1. The second kappa shape index (κ2) is 9.59. The molecule has 0 aliphatic carbocycles. The molecule has 2 atom stereocenters. The highest BCUT2D eigenvalue weighted by Crippen LogP contribution is 2.28. The van der Waals surface area contributed by atoms with Crippen molar-refractivity contribution >= 4 is 17.6 Å². The SMILES string of the molecule is CN=C(NCCCC(=O)N1CCc2ccccc21)N1CCOC(C2CCCO2)C1. The average Bonchev–Trinajstić information content (AvgIpc) is 3.44. The molecule has 29 heavy (non-hydrogen) atoms. The van der Waals surface area contributed by atoms with E-state index in [9.17, 15) is 4.79 Å². The number of nitrogens with one attached hydrogen (secondary N) is 1. The van der Waals surface area contributed by atoms with E-state index in [-0.39, 0.29) is 18.1 Å². The number of hydrogen-bond acceptors (Lipinski definition) is 4. The van der Waals surface area contributed by atoms with Crippen LogP contribution in [0.1, 0.15) is 31.2 Å². The first kappa shape index (κ1) is 20.2. The molecule has 0 bridgehead atoms. The van der Waals surface area contributed by atoms with Gasteiger partial charge in [0.25, 0.3) is 0 Å². The van der Waals surface area contributed by atoms with Crippen LogP contribution in [0.25, 0.3) is 0 Å². The third-order valence-corrected chi connectivity index (χ3v) is 6.02. The summed E-state index contributed by atoms with van der Waals surface area (Å²) in [7, 11) is 1.81. The first-order valence-electron chi connectivity index (χ1n) is 10.8. The Morgan fingerprint density at radius 2 is 2.07 bits per heavy atom. The van der Waals surface area contributed by atoms with Crippen molar-refractivity contribution < 1.29 is 14.3 Å². The van der Waals surface area contributed by atoms with Gasteiger partial charge in [0, 0.05) is 51.9 Å². The minimum atomic E-state index is 0.113. The largest absolute Gasteiger partial charge is 0.375 e. The van der Waals surface area contributed by atoms with Crippen LogP contribution in [0.3, 0.4) is 0 Å². The number of morpholine rings is 1. The highest BCUT2D eigenvalue weighted by molar-refractivity contribution is 5.95. The summed E-state index contributed by atoms with van der Waals surface area (Å²) in [6.45, 7) is 4.69. The van der Waals surface area contributed by atoms with Gasteiger partial charge in [-0.25, -0.2) is 0 Å². The lowest BCUT2D eigenvalue weighted by Crippen LogP contribution is -2.53. The van der Waals surface area contributed by atoms with Gasteiger partial charge < -0.3 is 24.6 Å². The second-order valence-corrected chi connectivity index (χ2v) is 7.91. The lowest BCUT2D eigenvalue weighted by Gasteiger charge is -2.37. The van der Waals surface area contributed by atoms with E-state index in [1.54, 1.807) is 0 Å². The first-order valence-corrected chi connectivity index (χ1v) is 10.8. The zero-order valence-corrected chi connectivity index (χ0v) is 17.3. The summed E-state index contributed by atoms with van der Waals surface area (Å²) < 4.78 is 11.7. The summed E-state index contributed by atoms with van der Waals surface area (Å²) in [6, 6.07) is 8.20. The zero-order valence-electron chi connectivity index (χ0n) is 17.3. The van der Waals surface area contributed by atoms with Gasteiger partial charge in [-0.05, 0) is 37.3 Å². The predicted molar refractivity (Wildman–Crippen MR) is 113 cm³/mol. The van der Waals surface area contributed by atoms with Gasteiger partial charge in [-0.2, -0.15) is 0 Å². The number of guanidine groups is 1. The van der Waals surface area contributed by atoms with Gasteiger partial charge in [0.05, 0.1) is 12.7 Å². The van der Waals surface area contributed by atoms with Crippen molar-refractivity contribution in [2.24, 2.45) is 4.99 Å². The molecule has 1 aromatic carbocycles. The molecular weight excluding hydrogens is 368 g/mol. The molecule has 158 valence electrons. The highest BCUT2D eigenvalue weighted by atomic mass is 16.5. The van der Waals surface area contributed by atoms with E-state index in [0.717, 1.165) is 70.1 Å². The molecule has 7 heteroatoms. The summed E-state index contributed by atoms with van der Waals surface area (Å²) in [6.07, 6.45) is 4.80. The van der Waals surface area contributed by atoms with E-state index in [0.29, 0.717) is 13.0 Å². The van der Waals surface area contributed by atoms with Crippen molar-refractivity contribution in [3.05, 3.63) is 29.8 Å². The summed E-state index contributed by atoms with van der Waals surface area (Å²) >= 11 is 0. The van der Waals surface area contributed by atoms with Gasteiger partial charge in [0.15, 0.2) is 5.96 Å². The van der Waals surface area contributed by atoms with Crippen LogP contribution in [0.4, 0.5) is 5.69 Å². The van der Waals surface area contributed by atoms with E-state index < -0.39 is 0 Å². The molecule has 0 saturated carbocycles. The Morgan fingerprint density at radius 1 is 1.21 bits per heavy atom. The highest BCUT2D eigenvalue weighted by Gasteiger charge is 2.32. The first-order chi connectivity index (χ1) is 14.3. The summed E-state index contributed by atoms with van der Waals surface area (Å²) in [5.74, 6) is 1.09. The number of carbonyl (C=O) groups is 1. The van der Waals surface area contributed by atoms with Crippen molar-refractivity contribution in [2.75, 3.05) is 51.3 Å². The van der Waals surface area contributed by atoms with Gasteiger partial charge >= 0.3 is 0 Å². The number of hydrogen-bond donors (Lipinski definition) is 1. The second-order valence-electron chi connectivity index (χ2n) is 7.91. The number of ether oxygens (including phenoxy) is 2. The Hall–Kier alpha value is -2.12. The molecule has 1 aromatic rings. The molecule has 2 unspecified atom stereocenters. The Balaban J connectivity index is 1.22. The van der Waals surface area contributed by atoms with Gasteiger partial charge in [0.1, 0.15) is 6.10 Å². The molecule has 3 aliphatic rings. The fourth-order valence-corrected chi connectivity index (χ4v) is 4.49. The Labute approximate surface area is 173 Å². The number of fused-ring (bicyclic) bond motifs is 1. The molecule has 0 aromatic heterocycles. The number of amides is 1. The lowest BCUT2D eigenvalue weighted by molar-refractivity contribution is -0.118. The smallest absolute Gasteiger partial charge is 0.227 e. The van der Waals surface area contributed by atoms with Crippen LogP contribution in [0.2, 0.25) is 0 Å². The Kier molecular flexibility index (Phi) is 6.67. The molecule has 0 radical (unpaired) electrons. The predicted octanol–water partition coefficient (Wildman–Crippen LogP) is 1.81. The van der Waals surface area contributed by atoms with E-state index in [1.807, 2.05) is 30.1 Å². The standard InChI is InChI=1S/C22H32N4O3/c1-23-22(25-13-15-29-20(16-25)19-8-5-14-28-19)24-11-4-9-21(27)26-12-10-17-6-2-3-7-18(17)26/h2-3,6-7,19-20H,4-5,8-16H2,1H3,(H,23,24). The van der Waals surface area contributed by atoms with Gasteiger partial charge in [0.2, 0.25) is 5.91 Å². The number of nitrogens with zero attached hydrogens (tertiary/aromatic N) is 3. The van der Waals surface area contributed by atoms with Crippen LogP contribution >= 0.6 is 0 Å². The molecule has 1 amide bonds. The number of carbonyl (C=O) groups excluding carboxylic acids is 1. The molecule has 4 rings (SSSR count). The molecule has 0 spiro atoms. The normalized spacial score (nSPS) is 24.7. The number of benzene rings is 1. The van der Waals surface area contributed by atoms with Gasteiger partial charge in [-0.3, -0.25) is 9.79 Å². The van der Waals surface area contributed by atoms with E-state index >= 15 is 0 Å². The molecule has 7 nitrogen and oxygen atoms in total. The van der Waals surface area contributed by atoms with Crippen LogP contribution in [-0.2, 0) is 20.7 Å². The minimum Gasteiger partial charge on any atom is -0.375 e. The number of aliphatic imine (C=N–C) groups is 1. The third-order valence-electron chi connectivity index (χ3n) is 6.02. The summed E-state index contributed by atoms with van der Waals surface area (Å²) in [5.41, 5.74) is 2.35. The number of para-hydroxylation sites is 1. The Bertz CT molecular complexity index is 733. The van der Waals surface area contributed by atoms with Crippen molar-refractivity contribution in [1.82, 2.24) is 10.2 Å². The van der Waals surface area contributed by atoms with Crippen LogP contribution in [0.5, 0.6) is 0 Å². The van der Waals surface area contributed by atoms with Crippen LogP contribution < -0.4 is 10.2 Å². The van der Waals surface area contributed by atoms with Crippen molar-refractivity contribution in [2.45, 2.75) is 44.3 Å². The molecular formula is C22H32N4O3. The van der Waals surface area contributed by atoms with Gasteiger partial charge in [-0.15, -0.1) is 0 Å². The van der Waals surface area contributed by atoms with E-state index in [1.165, 1.54) is 5.56 Å². The molecule has 3 heterocycles. The van der Waals surface area contributed by atoms with Crippen LogP contribution in [0.15, 0.2) is 29.3 Å². The molecule has 1 N–H and O–H groups in total. The molecule has 2 fully saturated rings. The maximum Gasteiger partial charge on any atom is 0.227 e. The summed E-state index contributed by atoms with van der Waals surface area (Å²) in [4.78, 5) is 21.3. The molecule has 3 aliphatic heterocycles. The summed E-state index contributed by atoms with van der Waals surface area (Å²) in [5, 5.41) is 3.42. The monoisotopic (exact) mass is 400 g/mol. The molecule has 2 saturated heterocycles. The van der Waals surface area contributed by atoms with Crippen molar-refractivity contribution in [3.8, 4) is 0 Å². The maximum atomic E-state index is 12.6. The van der Waals surface area contributed by atoms with E-state index in [2.05, 4.69) is 21.3 Å². The van der Waals surface area contributed by atoms with Crippen molar-refractivity contribution in [1.29, 1.82) is 0 Å². The number of rotatable bonds is 5. The Morgan fingerprint density at radius 3 is 2.90 bits per heavy atom. The van der Waals surface area contributed by atoms with Crippen molar-refractivity contribution in [3.63, 3.8) is 0 Å². The average molecular weight is 401 g/mol. The topological polar surface area (TPSA) is 66.4 Å². The van der Waals surface area contributed by atoms with E-state index in [4.69, 9.17) is 9.47 Å². The minimum absolute atomic E-state index is 0.113. The fourth-order valence-electron chi connectivity index (χ4n) is 4.49. The number of anilines is 1. The lowest BCUT2D eigenvalue weighted by atomic mass is 10.1. The third kappa shape index (κ3) is 4.73. The van der Waals surface area contributed by atoms with Gasteiger partial charge in [-0.1, -0.05) is 18.2 Å². The quantitative estimate of drug-likeness (QED) is 0.464. The van der Waals surface area contributed by atoms with Crippen LogP contribution in [-0.4, -0.2) is 75.4 Å². The maximum absolute atomic E-state index is 12.6.